The van der Waals surface area contributed by atoms with Crippen LogP contribution in [0.15, 0.2) is 90.0 Å². The first-order valence-electron chi connectivity index (χ1n) is 17.2. The summed E-state index contributed by atoms with van der Waals surface area (Å²) in [4.78, 5) is 0. The van der Waals surface area contributed by atoms with Crippen LogP contribution in [0.2, 0.25) is 0 Å². The SMILES string of the molecule is CC1=Cc2c(C(C)C)cc(C(C)C)cc2C1c1cccc[c]1[Sn]([c]1ccccc1)[CH]1C(C)=Cc2c(C(C)C)cc(C(C)C)cc21. The Hall–Kier alpha value is -2.84. The van der Waals surface area contributed by atoms with E-state index in [0.717, 1.165) is 0 Å². The molecule has 0 spiro atoms. The third-order valence-electron chi connectivity index (χ3n) is 10.3. The fourth-order valence-electron chi connectivity index (χ4n) is 7.88. The summed E-state index contributed by atoms with van der Waals surface area (Å²) in [6.45, 7) is 23.6. The Morgan fingerprint density at radius 1 is 0.511 bits per heavy atom. The van der Waals surface area contributed by atoms with Gasteiger partial charge in [0.15, 0.2) is 0 Å². The molecule has 0 fully saturated rings. The van der Waals surface area contributed by atoms with E-state index in [2.05, 4.69) is 160 Å². The molecule has 2 aliphatic rings. The van der Waals surface area contributed by atoms with Crippen LogP contribution < -0.4 is 7.16 Å². The van der Waals surface area contributed by atoms with Gasteiger partial charge < -0.3 is 0 Å². The normalized spacial score (nSPS) is 17.5. The van der Waals surface area contributed by atoms with Crippen LogP contribution in [-0.2, 0) is 0 Å². The third kappa shape index (κ3) is 5.82. The maximum absolute atomic E-state index is 2.64. The topological polar surface area (TPSA) is 0 Å². The van der Waals surface area contributed by atoms with Crippen molar-refractivity contribution >= 4 is 39.1 Å². The van der Waals surface area contributed by atoms with Crippen molar-refractivity contribution in [2.45, 2.75) is 103 Å². The van der Waals surface area contributed by atoms with Gasteiger partial charge in [-0.3, -0.25) is 0 Å². The van der Waals surface area contributed by atoms with Crippen LogP contribution in [0.1, 0.15) is 153 Å². The predicted octanol–water partition coefficient (Wildman–Crippen LogP) is 11.1. The Bertz CT molecular complexity index is 1780. The van der Waals surface area contributed by atoms with Gasteiger partial charge in [0.25, 0.3) is 0 Å². The van der Waals surface area contributed by atoms with Crippen LogP contribution in [0.5, 0.6) is 0 Å². The summed E-state index contributed by atoms with van der Waals surface area (Å²) in [5, 5.41) is 0. The molecule has 0 N–H and O–H groups in total. The van der Waals surface area contributed by atoms with Crippen LogP contribution in [-0.4, -0.2) is 19.8 Å². The van der Waals surface area contributed by atoms with E-state index >= 15 is 0 Å². The minimum atomic E-state index is -2.64. The Labute approximate surface area is 280 Å². The molecule has 2 aliphatic carbocycles. The molecule has 0 aromatic heterocycles. The van der Waals surface area contributed by atoms with Crippen LogP contribution >= 0.6 is 0 Å². The van der Waals surface area contributed by atoms with Gasteiger partial charge in [0.05, 0.1) is 0 Å². The van der Waals surface area contributed by atoms with Crippen molar-refractivity contribution in [1.29, 1.82) is 0 Å². The van der Waals surface area contributed by atoms with E-state index in [4.69, 9.17) is 0 Å². The molecule has 0 nitrogen and oxygen atoms in total. The average molecular weight is 699 g/mol. The zero-order valence-corrected chi connectivity index (χ0v) is 32.0. The molecule has 4 aromatic carbocycles. The summed E-state index contributed by atoms with van der Waals surface area (Å²) in [5.74, 6) is 2.33. The second-order valence-electron chi connectivity index (χ2n) is 14.9. The van der Waals surface area contributed by atoms with E-state index in [9.17, 15) is 0 Å². The molecule has 0 saturated heterocycles. The molecule has 45 heavy (non-hydrogen) atoms. The van der Waals surface area contributed by atoms with E-state index < -0.39 is 19.8 Å². The molecule has 0 aliphatic heterocycles. The van der Waals surface area contributed by atoms with Crippen molar-refractivity contribution < 1.29 is 0 Å². The van der Waals surface area contributed by atoms with E-state index in [1.165, 1.54) is 44.5 Å². The number of allylic oxidation sites excluding steroid dienone is 2. The molecule has 4 aromatic rings. The molecule has 1 heteroatoms. The second-order valence-corrected chi connectivity index (χ2v) is 22.0. The first-order chi connectivity index (χ1) is 21.5. The van der Waals surface area contributed by atoms with Gasteiger partial charge in [-0.15, -0.1) is 0 Å². The number of hydrogen-bond acceptors (Lipinski definition) is 0. The molecular formula is C44H51Sn. The van der Waals surface area contributed by atoms with Crippen LogP contribution in [0.25, 0.3) is 12.2 Å². The first-order valence-corrected chi connectivity index (χ1v) is 21.7. The Balaban J connectivity index is 1.60. The van der Waals surface area contributed by atoms with E-state index in [1.54, 1.807) is 23.9 Å². The monoisotopic (exact) mass is 699 g/mol. The van der Waals surface area contributed by atoms with Crippen molar-refractivity contribution in [1.82, 2.24) is 0 Å². The van der Waals surface area contributed by atoms with Crippen molar-refractivity contribution in [3.05, 3.63) is 140 Å². The van der Waals surface area contributed by atoms with Gasteiger partial charge in [0.2, 0.25) is 0 Å². The molecule has 0 saturated carbocycles. The number of benzene rings is 4. The second kappa shape index (κ2) is 12.7. The average Bonchev–Trinajstić information content (AvgIpc) is 3.52. The molecule has 2 unspecified atom stereocenters. The fraction of sp³-hybridized carbons (Fsp3) is 0.364. The maximum atomic E-state index is 2.59. The van der Waals surface area contributed by atoms with E-state index in [1.807, 2.05) is 0 Å². The molecule has 2 atom stereocenters. The van der Waals surface area contributed by atoms with Crippen molar-refractivity contribution in [2.24, 2.45) is 0 Å². The number of fused-ring (bicyclic) bond motifs is 2. The van der Waals surface area contributed by atoms with Gasteiger partial charge >= 0.3 is 282 Å². The van der Waals surface area contributed by atoms with Crippen LogP contribution in [0.3, 0.4) is 0 Å². The molecular weight excluding hydrogens is 647 g/mol. The molecule has 231 valence electrons. The molecule has 6 rings (SSSR count). The van der Waals surface area contributed by atoms with Gasteiger partial charge in [-0.25, -0.2) is 0 Å². The van der Waals surface area contributed by atoms with Crippen molar-refractivity contribution in [3.8, 4) is 0 Å². The standard InChI is InChI=1S/C22H25.C16H21.C6H5.Sn/c1-14(2)18-12-19(15(3)4)20-11-16(5)22(21(20)13-18)17-9-7-6-8-10-17;1-10(2)13-8-14-6-12(5)7-16(14)15(9-13)11(3)4;1-2-4-6-5-3-1;/h6-9,11-15,22H,1-5H3;6-11H,1-5H3;1-5H;. The Kier molecular flexibility index (Phi) is 9.10. The summed E-state index contributed by atoms with van der Waals surface area (Å²) < 4.78 is 3.74. The molecule has 1 radical (unpaired) electrons. The van der Waals surface area contributed by atoms with Crippen molar-refractivity contribution in [2.75, 3.05) is 0 Å². The molecule has 0 amide bonds. The van der Waals surface area contributed by atoms with Crippen molar-refractivity contribution in [3.63, 3.8) is 0 Å². The van der Waals surface area contributed by atoms with Gasteiger partial charge in [0, 0.05) is 0 Å². The Morgan fingerprint density at radius 3 is 1.60 bits per heavy atom. The van der Waals surface area contributed by atoms with E-state index in [0.29, 0.717) is 33.5 Å². The summed E-state index contributed by atoms with van der Waals surface area (Å²) >= 11 is -2.64. The first kappa shape index (κ1) is 32.1. The zero-order valence-electron chi connectivity index (χ0n) is 29.1. The quantitative estimate of drug-likeness (QED) is 0.161. The Morgan fingerprint density at radius 2 is 1.02 bits per heavy atom. The van der Waals surface area contributed by atoms with Gasteiger partial charge in [-0.1, -0.05) is 0 Å². The van der Waals surface area contributed by atoms with Crippen LogP contribution in [0.4, 0.5) is 0 Å². The predicted molar refractivity (Wildman–Crippen MR) is 199 cm³/mol. The summed E-state index contributed by atoms with van der Waals surface area (Å²) in [6.07, 6.45) is 5.08. The zero-order chi connectivity index (χ0) is 32.2. The molecule has 0 heterocycles. The van der Waals surface area contributed by atoms with Crippen LogP contribution in [0, 0.1) is 0 Å². The fourth-order valence-corrected chi connectivity index (χ4v) is 17.6. The minimum absolute atomic E-state index is 0.310. The third-order valence-corrected chi connectivity index (χ3v) is 19.8. The van der Waals surface area contributed by atoms with Gasteiger partial charge in [-0.05, 0) is 0 Å². The number of hydrogen-bond donors (Lipinski definition) is 0. The number of rotatable bonds is 8. The van der Waals surface area contributed by atoms with Gasteiger partial charge in [0.1, 0.15) is 0 Å². The summed E-state index contributed by atoms with van der Waals surface area (Å²) in [6, 6.07) is 31.4. The van der Waals surface area contributed by atoms with E-state index in [-0.39, 0.29) is 0 Å². The summed E-state index contributed by atoms with van der Waals surface area (Å²) in [5.41, 5.74) is 16.7. The van der Waals surface area contributed by atoms with Gasteiger partial charge in [-0.2, -0.15) is 0 Å². The molecule has 0 bridgehead atoms. The summed E-state index contributed by atoms with van der Waals surface area (Å²) in [7, 11) is 0.